The van der Waals surface area contributed by atoms with Gasteiger partial charge in [0, 0.05) is 12.8 Å². The van der Waals surface area contributed by atoms with E-state index in [-0.39, 0.29) is 32.0 Å². The molecule has 436 valence electrons. The summed E-state index contributed by atoms with van der Waals surface area (Å²) in [6.45, 7) is 4.30. The van der Waals surface area contributed by atoms with Gasteiger partial charge in [0.15, 0.2) is 6.10 Å². The van der Waals surface area contributed by atoms with Gasteiger partial charge in [-0.2, -0.15) is 0 Å². The van der Waals surface area contributed by atoms with E-state index in [1.807, 2.05) is 21.1 Å². The Kier molecular flexibility index (Phi) is 54.3. The van der Waals surface area contributed by atoms with E-state index in [0.717, 1.165) is 70.6 Å². The first-order valence-electron chi connectivity index (χ1n) is 31.2. The topological polar surface area (TPSA) is 108 Å². The Labute approximate surface area is 463 Å². The van der Waals surface area contributed by atoms with Crippen molar-refractivity contribution in [2.75, 3.05) is 47.5 Å². The lowest BCUT2D eigenvalue weighted by atomic mass is 10.0. The quantitative estimate of drug-likeness (QED) is 0.0211. The molecule has 2 unspecified atom stereocenters. The Balaban J connectivity index is 4.11. The van der Waals surface area contributed by atoms with E-state index in [1.165, 1.54) is 173 Å². The number of carbonyl (C=O) groups excluding carboxylic acids is 2. The van der Waals surface area contributed by atoms with Crippen LogP contribution in [0.3, 0.4) is 0 Å². The molecular formula is C65H119NO8P+. The minimum atomic E-state index is -4.40. The first-order chi connectivity index (χ1) is 36.5. The Morgan fingerprint density at radius 3 is 1.13 bits per heavy atom. The van der Waals surface area contributed by atoms with Crippen LogP contribution in [-0.4, -0.2) is 74.9 Å². The Morgan fingerprint density at radius 2 is 0.760 bits per heavy atom. The van der Waals surface area contributed by atoms with Gasteiger partial charge in [0.2, 0.25) is 0 Å². The van der Waals surface area contributed by atoms with Crippen molar-refractivity contribution in [2.24, 2.45) is 0 Å². The zero-order valence-electron chi connectivity index (χ0n) is 49.5. The Hall–Kier alpha value is -2.55. The smallest absolute Gasteiger partial charge is 0.462 e. The number of carbonyl (C=O) groups is 2. The van der Waals surface area contributed by atoms with Crippen molar-refractivity contribution in [3.63, 3.8) is 0 Å². The number of ether oxygens (including phenoxy) is 2. The van der Waals surface area contributed by atoms with Gasteiger partial charge in [0.25, 0.3) is 0 Å². The molecule has 0 rings (SSSR count). The molecule has 0 aliphatic heterocycles. The lowest BCUT2D eigenvalue weighted by Crippen LogP contribution is -2.37. The number of quaternary nitrogens is 1. The first-order valence-corrected chi connectivity index (χ1v) is 32.7. The van der Waals surface area contributed by atoms with Crippen molar-refractivity contribution >= 4 is 19.8 Å². The summed E-state index contributed by atoms with van der Waals surface area (Å²) in [6, 6.07) is 0. The molecule has 10 heteroatoms. The number of rotatable bonds is 57. The standard InChI is InChI=1S/C65H118NO8P/c1-6-8-10-12-14-16-18-20-22-24-26-28-29-30-31-32-33-34-35-36-38-39-41-43-45-47-49-51-53-55-57-64(67)71-61-63(62-73-75(69,70)72-60-59-66(3,4)5)74-65(68)58-56-54-52-50-48-46-44-42-40-37-27-25-23-21-19-17-15-13-11-9-7-2/h9,11,15,17,21,23,27,37,42,44,48,50,63H,6-8,10,12-14,16,18-20,22,24-26,28-36,38-41,43,45-47,49,51-62H2,1-5H3/p+1/b11-9-,17-15-,23-21-,37-27-,44-42-,50-48-. The van der Waals surface area contributed by atoms with Crippen LogP contribution >= 0.6 is 7.82 Å². The van der Waals surface area contributed by atoms with E-state index in [2.05, 4.69) is 86.8 Å². The lowest BCUT2D eigenvalue weighted by Gasteiger charge is -2.24. The number of hydrogen-bond acceptors (Lipinski definition) is 7. The van der Waals surface area contributed by atoms with Gasteiger partial charge in [0.05, 0.1) is 27.7 Å². The van der Waals surface area contributed by atoms with Crippen LogP contribution in [-0.2, 0) is 32.7 Å². The van der Waals surface area contributed by atoms with Crippen LogP contribution in [0, 0.1) is 0 Å². The van der Waals surface area contributed by atoms with Gasteiger partial charge in [-0.3, -0.25) is 18.6 Å². The fourth-order valence-electron chi connectivity index (χ4n) is 8.73. The van der Waals surface area contributed by atoms with Crippen molar-refractivity contribution in [1.29, 1.82) is 0 Å². The molecule has 0 fully saturated rings. The third-order valence-corrected chi connectivity index (χ3v) is 14.5. The molecular weight excluding hydrogens is 954 g/mol. The minimum absolute atomic E-state index is 0.0210. The minimum Gasteiger partial charge on any atom is -0.462 e. The predicted octanol–water partition coefficient (Wildman–Crippen LogP) is 19.7. The molecule has 0 aliphatic carbocycles. The second-order valence-electron chi connectivity index (χ2n) is 22.1. The number of nitrogens with zero attached hydrogens (tertiary/aromatic N) is 1. The molecule has 0 bridgehead atoms. The first kappa shape index (κ1) is 72.5. The van der Waals surface area contributed by atoms with Crippen molar-refractivity contribution in [3.05, 3.63) is 72.9 Å². The van der Waals surface area contributed by atoms with E-state index in [9.17, 15) is 19.0 Å². The van der Waals surface area contributed by atoms with Crippen LogP contribution in [0.25, 0.3) is 0 Å². The summed E-state index contributed by atoms with van der Waals surface area (Å²) in [5, 5.41) is 0. The molecule has 1 N–H and O–H groups in total. The lowest BCUT2D eigenvalue weighted by molar-refractivity contribution is -0.870. The average molecular weight is 1070 g/mol. The van der Waals surface area contributed by atoms with Gasteiger partial charge in [-0.15, -0.1) is 0 Å². The molecule has 0 heterocycles. The normalized spacial score (nSPS) is 13.7. The summed E-state index contributed by atoms with van der Waals surface area (Å²) in [6.07, 6.45) is 74.3. The molecule has 0 aromatic carbocycles. The van der Waals surface area contributed by atoms with Crippen LogP contribution in [0.15, 0.2) is 72.9 Å². The molecule has 0 aliphatic rings. The average Bonchev–Trinajstić information content (AvgIpc) is 3.37. The summed E-state index contributed by atoms with van der Waals surface area (Å²) in [5.74, 6) is -0.841. The SMILES string of the molecule is CC/C=C\C/C=C\C/C=C\C/C=C\C/C=C\C/C=C\CCCCC(=O)OC(COC(=O)CCCCCCCCCCCCCCCCCCCCCCCCCCCCCCCC)COP(=O)(O)OCC[N+](C)(C)C. The zero-order valence-corrected chi connectivity index (χ0v) is 50.4. The summed E-state index contributed by atoms with van der Waals surface area (Å²) < 4.78 is 34.5. The number of unbranched alkanes of at least 4 members (excludes halogenated alkanes) is 31. The summed E-state index contributed by atoms with van der Waals surface area (Å²) >= 11 is 0. The van der Waals surface area contributed by atoms with Crippen molar-refractivity contribution in [2.45, 2.75) is 283 Å². The van der Waals surface area contributed by atoms with Gasteiger partial charge >= 0.3 is 19.8 Å². The van der Waals surface area contributed by atoms with Gasteiger partial charge < -0.3 is 18.9 Å². The molecule has 75 heavy (non-hydrogen) atoms. The van der Waals surface area contributed by atoms with Crippen molar-refractivity contribution in [1.82, 2.24) is 0 Å². The van der Waals surface area contributed by atoms with E-state index in [1.54, 1.807) is 0 Å². The van der Waals surface area contributed by atoms with Crippen LogP contribution < -0.4 is 0 Å². The van der Waals surface area contributed by atoms with Crippen molar-refractivity contribution in [3.8, 4) is 0 Å². The number of esters is 2. The highest BCUT2D eigenvalue weighted by Crippen LogP contribution is 2.43. The van der Waals surface area contributed by atoms with Gasteiger partial charge in [-0.1, -0.05) is 273 Å². The molecule has 0 aromatic rings. The molecule has 0 radical (unpaired) electrons. The highest BCUT2D eigenvalue weighted by atomic mass is 31.2. The predicted molar refractivity (Wildman–Crippen MR) is 321 cm³/mol. The Bertz CT molecular complexity index is 1500. The molecule has 2 atom stereocenters. The fourth-order valence-corrected chi connectivity index (χ4v) is 9.47. The molecule has 0 saturated heterocycles. The van der Waals surface area contributed by atoms with Crippen LogP contribution in [0.4, 0.5) is 0 Å². The third-order valence-electron chi connectivity index (χ3n) is 13.5. The maximum atomic E-state index is 12.8. The van der Waals surface area contributed by atoms with Gasteiger partial charge in [-0.05, 0) is 64.2 Å². The number of phosphoric ester groups is 1. The zero-order chi connectivity index (χ0) is 54.9. The molecule has 9 nitrogen and oxygen atoms in total. The summed E-state index contributed by atoms with van der Waals surface area (Å²) in [5.41, 5.74) is 0. The van der Waals surface area contributed by atoms with Crippen LogP contribution in [0.2, 0.25) is 0 Å². The maximum absolute atomic E-state index is 12.8. The van der Waals surface area contributed by atoms with E-state index in [0.29, 0.717) is 17.4 Å². The molecule has 0 aromatic heterocycles. The summed E-state index contributed by atoms with van der Waals surface area (Å²) in [4.78, 5) is 35.7. The van der Waals surface area contributed by atoms with Crippen LogP contribution in [0.5, 0.6) is 0 Å². The second kappa shape index (κ2) is 56.2. The largest absolute Gasteiger partial charge is 0.472 e. The highest BCUT2D eigenvalue weighted by molar-refractivity contribution is 7.47. The number of allylic oxidation sites excluding steroid dienone is 12. The fraction of sp³-hybridized carbons (Fsp3) is 0.785. The number of phosphoric acid groups is 1. The monoisotopic (exact) mass is 1070 g/mol. The van der Waals surface area contributed by atoms with E-state index in [4.69, 9.17) is 18.5 Å². The Morgan fingerprint density at radius 1 is 0.427 bits per heavy atom. The molecule has 0 saturated carbocycles. The maximum Gasteiger partial charge on any atom is 0.472 e. The highest BCUT2D eigenvalue weighted by Gasteiger charge is 2.27. The molecule has 0 spiro atoms. The summed E-state index contributed by atoms with van der Waals surface area (Å²) in [7, 11) is 1.45. The van der Waals surface area contributed by atoms with E-state index >= 15 is 0 Å². The van der Waals surface area contributed by atoms with Crippen molar-refractivity contribution < 1.29 is 42.1 Å². The number of hydrogen-bond donors (Lipinski definition) is 1. The third kappa shape index (κ3) is 60.5. The second-order valence-corrected chi connectivity index (χ2v) is 23.5. The molecule has 0 amide bonds. The van der Waals surface area contributed by atoms with Crippen LogP contribution in [0.1, 0.15) is 277 Å². The van der Waals surface area contributed by atoms with E-state index < -0.39 is 26.5 Å². The van der Waals surface area contributed by atoms with Gasteiger partial charge in [-0.25, -0.2) is 4.57 Å². The number of likely N-dealkylation sites (N-methyl/N-ethyl adjacent to an activating group) is 1. The van der Waals surface area contributed by atoms with Gasteiger partial charge in [0.1, 0.15) is 19.8 Å².